The number of nitrogens with two attached hydrogens (primary N) is 2. The number of amides is 6. The Kier molecular flexibility index (Phi) is 19.3. The van der Waals surface area contributed by atoms with Gasteiger partial charge in [0, 0.05) is 31.4 Å². The van der Waals surface area contributed by atoms with Gasteiger partial charge in [0.1, 0.15) is 30.2 Å². The third kappa shape index (κ3) is 16.0. The number of carbonyl (C=O) groups is 6. The Labute approximate surface area is 320 Å². The van der Waals surface area contributed by atoms with Gasteiger partial charge in [-0.3, -0.25) is 33.3 Å². The van der Waals surface area contributed by atoms with Crippen LogP contribution in [0.2, 0.25) is 0 Å². The van der Waals surface area contributed by atoms with Crippen molar-refractivity contribution in [3.63, 3.8) is 0 Å². The first-order valence-electron chi connectivity index (χ1n) is 18.2. The van der Waals surface area contributed by atoms with Crippen molar-refractivity contribution in [3.05, 3.63) is 18.2 Å². The summed E-state index contributed by atoms with van der Waals surface area (Å²) < 4.78 is 23.0. The van der Waals surface area contributed by atoms with Crippen molar-refractivity contribution in [1.29, 1.82) is 0 Å². The maximum Gasteiger partial charge on any atom is 0.469 e. The number of nitrogens with one attached hydrogen (secondary N) is 4. The highest BCUT2D eigenvalue weighted by Gasteiger charge is 2.38. The van der Waals surface area contributed by atoms with E-state index in [-0.39, 0.29) is 43.8 Å². The van der Waals surface area contributed by atoms with E-state index in [2.05, 4.69) is 30.8 Å². The number of likely N-dealkylation sites (tertiary alicyclic amines) is 1. The van der Waals surface area contributed by atoms with Gasteiger partial charge in [-0.25, -0.2) is 9.55 Å². The van der Waals surface area contributed by atoms with E-state index in [1.54, 1.807) is 4.57 Å². The van der Waals surface area contributed by atoms with Crippen LogP contribution in [-0.2, 0) is 55.6 Å². The second kappa shape index (κ2) is 22.5. The van der Waals surface area contributed by atoms with Crippen molar-refractivity contribution in [2.45, 2.75) is 122 Å². The number of hydrogen-bond acceptors (Lipinski definition) is 12. The minimum Gasteiger partial charge on any atom is -0.394 e. The zero-order valence-corrected chi connectivity index (χ0v) is 32.9. The Morgan fingerprint density at radius 1 is 0.982 bits per heavy atom. The van der Waals surface area contributed by atoms with Gasteiger partial charge in [0.25, 0.3) is 0 Å². The molecular weight excluding hydrogens is 745 g/mol. The Morgan fingerprint density at radius 3 is 2.20 bits per heavy atom. The fraction of sp³-hybridized carbons (Fsp3) is 0.727. The number of aliphatic hydroxyl groups is 1. The molecule has 0 aromatic carbocycles. The Hall–Kier alpha value is -3.98. The van der Waals surface area contributed by atoms with Crippen LogP contribution >= 0.6 is 7.82 Å². The summed E-state index contributed by atoms with van der Waals surface area (Å²) in [7, 11) is -5.11. The molecule has 312 valence electrons. The Bertz CT molecular complexity index is 1500. The molecule has 0 saturated carbocycles. The van der Waals surface area contributed by atoms with Gasteiger partial charge in [0.05, 0.1) is 38.2 Å². The minimum atomic E-state index is -5.11. The number of nitrogens with zero attached hydrogens (tertiary/aromatic N) is 3. The number of hydrogen-bond donors (Lipinski definition) is 9. The van der Waals surface area contributed by atoms with Crippen molar-refractivity contribution in [1.82, 2.24) is 35.7 Å². The van der Waals surface area contributed by atoms with Gasteiger partial charge in [-0.15, -0.1) is 0 Å². The number of phosphoric ester groups is 1. The molecule has 22 heteroatoms. The molecule has 0 spiro atoms. The monoisotopic (exact) mass is 803 g/mol. The summed E-state index contributed by atoms with van der Waals surface area (Å²) in [5.41, 5.74) is 11.5. The molecule has 1 aromatic heterocycles. The summed E-state index contributed by atoms with van der Waals surface area (Å²) in [5, 5.41) is 19.9. The lowest BCUT2D eigenvalue weighted by Gasteiger charge is -2.29. The van der Waals surface area contributed by atoms with Gasteiger partial charge in [-0.05, 0) is 58.9 Å². The highest BCUT2D eigenvalue weighted by molar-refractivity contribution is 7.46. The lowest BCUT2D eigenvalue weighted by Crippen LogP contribution is -2.61. The van der Waals surface area contributed by atoms with Crippen LogP contribution < -0.4 is 32.7 Å². The summed E-state index contributed by atoms with van der Waals surface area (Å²) in [6.07, 6.45) is 2.95. The normalized spacial score (nSPS) is 17.3. The number of rotatable bonds is 24. The van der Waals surface area contributed by atoms with Crippen LogP contribution in [0.25, 0.3) is 0 Å². The number of aliphatic hydroxyl groups excluding tert-OH is 1. The molecule has 11 N–H and O–H groups in total. The zero-order chi connectivity index (χ0) is 41.5. The van der Waals surface area contributed by atoms with Crippen LogP contribution in [0, 0.1) is 5.92 Å². The second-order valence-corrected chi connectivity index (χ2v) is 15.2. The first-order valence-corrected chi connectivity index (χ1v) is 19.8. The maximum atomic E-state index is 13.9. The van der Waals surface area contributed by atoms with Gasteiger partial charge >= 0.3 is 7.82 Å². The molecule has 6 atom stereocenters. The van der Waals surface area contributed by atoms with Crippen LogP contribution in [0.3, 0.4) is 0 Å². The molecule has 6 amide bonds. The Balaban J connectivity index is 2.33. The number of carbonyl (C=O) groups excluding carboxylic acids is 6. The van der Waals surface area contributed by atoms with E-state index in [9.17, 15) is 38.4 Å². The molecule has 1 aliphatic rings. The standard InChI is InChI=1S/C33H58N9O12P/c1-19(2)14-23(38-33(49)26-8-6-12-42(26)27(44)9-13-53-20(3)4)30(46)37-24(15-22-16-36-18-41(22)11-7-10-34)31(47)39-25(17-43)32(48)40-28(29(35)45)21(5)54-55(50,51)52/h16,18-21,23-26,28,43H,6-15,17,34H2,1-5H3,(H2,35,45)(H,37,46)(H,38,49)(H,39,47)(H,40,48)(H2,50,51,52)/t21-,23+,24+,25+,26+,28+/m1/s1. The number of ether oxygens (including phenoxy) is 1. The summed E-state index contributed by atoms with van der Waals surface area (Å²) in [5.74, 6) is -4.96. The van der Waals surface area contributed by atoms with E-state index < -0.39 is 80.3 Å². The first-order chi connectivity index (χ1) is 25.8. The number of phosphoric acid groups is 1. The molecule has 1 aliphatic heterocycles. The molecule has 2 heterocycles. The molecule has 0 aliphatic carbocycles. The highest BCUT2D eigenvalue weighted by atomic mass is 31.2. The van der Waals surface area contributed by atoms with Gasteiger partial charge in [0.2, 0.25) is 35.4 Å². The van der Waals surface area contributed by atoms with Crippen LogP contribution in [0.5, 0.6) is 0 Å². The third-order valence-electron chi connectivity index (χ3n) is 8.62. The van der Waals surface area contributed by atoms with Crippen LogP contribution in [-0.4, -0.2) is 134 Å². The smallest absolute Gasteiger partial charge is 0.394 e. The molecule has 21 nitrogen and oxygen atoms in total. The molecule has 0 unspecified atom stereocenters. The second-order valence-electron chi connectivity index (χ2n) is 14.0. The number of imidazole rings is 1. The zero-order valence-electron chi connectivity index (χ0n) is 32.0. The van der Waals surface area contributed by atoms with Crippen molar-refractivity contribution in [3.8, 4) is 0 Å². The summed E-state index contributed by atoms with van der Waals surface area (Å²) in [4.78, 5) is 103. The molecule has 2 rings (SSSR count). The van der Waals surface area contributed by atoms with E-state index in [0.29, 0.717) is 44.6 Å². The van der Waals surface area contributed by atoms with Crippen LogP contribution in [0.1, 0.15) is 72.4 Å². The largest absolute Gasteiger partial charge is 0.469 e. The van der Waals surface area contributed by atoms with Gasteiger partial charge < -0.3 is 61.8 Å². The average molecular weight is 804 g/mol. The van der Waals surface area contributed by atoms with Crippen LogP contribution in [0.4, 0.5) is 0 Å². The number of aromatic nitrogens is 2. The molecule has 55 heavy (non-hydrogen) atoms. The van der Waals surface area contributed by atoms with E-state index >= 15 is 0 Å². The first kappa shape index (κ1) is 47.2. The summed E-state index contributed by atoms with van der Waals surface area (Å²) >= 11 is 0. The molecule has 1 fully saturated rings. The molecule has 1 saturated heterocycles. The van der Waals surface area contributed by atoms with E-state index in [1.807, 2.05) is 27.7 Å². The SMILES string of the molecule is CC(C)C[C@H](NC(=O)[C@@H]1CCCN1C(=O)CCOC(C)C)C(=O)N[C@@H](Cc1cncn1CCCN)C(=O)N[C@@H](CO)C(=O)N[C@H](C(N)=O)[C@@H](C)OP(=O)(O)O. The van der Waals surface area contributed by atoms with Crippen molar-refractivity contribution in [2.24, 2.45) is 17.4 Å². The quantitative estimate of drug-likeness (QED) is 0.0490. The van der Waals surface area contributed by atoms with Gasteiger partial charge in [0.15, 0.2) is 0 Å². The predicted octanol–water partition coefficient (Wildman–Crippen LogP) is -2.46. The van der Waals surface area contributed by atoms with Crippen LogP contribution in [0.15, 0.2) is 12.5 Å². The van der Waals surface area contributed by atoms with Crippen molar-refractivity contribution in [2.75, 3.05) is 26.3 Å². The van der Waals surface area contributed by atoms with E-state index in [1.165, 1.54) is 17.4 Å². The maximum absolute atomic E-state index is 13.9. The predicted molar refractivity (Wildman–Crippen MR) is 196 cm³/mol. The molecule has 0 radical (unpaired) electrons. The molecular formula is C33H58N9O12P. The van der Waals surface area contributed by atoms with E-state index in [0.717, 1.165) is 6.92 Å². The van der Waals surface area contributed by atoms with E-state index in [4.69, 9.17) is 26.0 Å². The number of aryl methyl sites for hydroxylation is 1. The molecule has 0 bridgehead atoms. The Morgan fingerprint density at radius 2 is 1.62 bits per heavy atom. The fourth-order valence-corrected chi connectivity index (χ4v) is 6.48. The molecule has 1 aromatic rings. The third-order valence-corrected chi connectivity index (χ3v) is 9.23. The van der Waals surface area contributed by atoms with Crippen molar-refractivity contribution >= 4 is 43.3 Å². The lowest BCUT2D eigenvalue weighted by atomic mass is 10.0. The lowest BCUT2D eigenvalue weighted by molar-refractivity contribution is -0.140. The topological polar surface area (TPSA) is 320 Å². The number of primary amides is 1. The van der Waals surface area contributed by atoms with Gasteiger partial charge in [-0.1, -0.05) is 13.8 Å². The summed E-state index contributed by atoms with van der Waals surface area (Å²) in [6.45, 7) is 8.80. The van der Waals surface area contributed by atoms with Crippen molar-refractivity contribution < 1.29 is 57.5 Å². The van der Waals surface area contributed by atoms with Gasteiger partial charge in [-0.2, -0.15) is 0 Å². The highest BCUT2D eigenvalue weighted by Crippen LogP contribution is 2.38. The fourth-order valence-electron chi connectivity index (χ4n) is 5.92. The minimum absolute atomic E-state index is 0.0641. The summed E-state index contributed by atoms with van der Waals surface area (Å²) in [6, 6.07) is -6.88. The average Bonchev–Trinajstić information content (AvgIpc) is 3.76.